The van der Waals surface area contributed by atoms with Gasteiger partial charge in [-0.3, -0.25) is 0 Å². The van der Waals surface area contributed by atoms with E-state index in [9.17, 15) is 0 Å². The van der Waals surface area contributed by atoms with Crippen LogP contribution in [0.2, 0.25) is 0 Å². The van der Waals surface area contributed by atoms with Crippen molar-refractivity contribution < 1.29 is 0 Å². The van der Waals surface area contributed by atoms with Crippen molar-refractivity contribution in [2.45, 2.75) is 25.7 Å². The predicted molar refractivity (Wildman–Crippen MR) is 56.9 cm³/mol. The third kappa shape index (κ3) is 2.34. The van der Waals surface area contributed by atoms with Gasteiger partial charge in [-0.25, -0.2) is 0 Å². The van der Waals surface area contributed by atoms with Gasteiger partial charge in [0.2, 0.25) is 0 Å². The number of anilines is 2. The second-order valence-electron chi connectivity index (χ2n) is 3.86. The van der Waals surface area contributed by atoms with E-state index >= 15 is 0 Å². The molecule has 2 rings (SSSR count). The molecule has 1 heterocycles. The summed E-state index contributed by atoms with van der Waals surface area (Å²) in [5.74, 6) is 2.22. The van der Waals surface area contributed by atoms with Crippen LogP contribution in [0.15, 0.2) is 12.1 Å². The van der Waals surface area contributed by atoms with Gasteiger partial charge in [-0.15, -0.1) is 10.2 Å². The van der Waals surface area contributed by atoms with E-state index in [1.165, 1.54) is 25.7 Å². The molecule has 0 amide bonds. The molecule has 76 valence electrons. The molecule has 0 aromatic carbocycles. The van der Waals surface area contributed by atoms with Crippen LogP contribution in [0.1, 0.15) is 25.7 Å². The average Bonchev–Trinajstić information content (AvgIpc) is 2.12. The molecule has 1 fully saturated rings. The highest BCUT2D eigenvalue weighted by Crippen LogP contribution is 2.28. The number of hydrogen-bond acceptors (Lipinski definition) is 4. The van der Waals surface area contributed by atoms with E-state index in [0.29, 0.717) is 5.82 Å². The fraction of sp³-hybridized carbons (Fsp3) is 0.600. The number of hydrogen-bond donors (Lipinski definition) is 2. The molecule has 1 aliphatic carbocycles. The average molecular weight is 192 g/mol. The van der Waals surface area contributed by atoms with E-state index in [1.54, 1.807) is 6.07 Å². The normalized spacial score (nSPS) is 16.3. The molecular formula is C10H16N4. The summed E-state index contributed by atoms with van der Waals surface area (Å²) in [5, 5.41) is 11.0. The Balaban J connectivity index is 1.71. The van der Waals surface area contributed by atoms with Crippen molar-refractivity contribution in [1.82, 2.24) is 10.2 Å². The van der Waals surface area contributed by atoms with Crippen molar-refractivity contribution in [2.24, 2.45) is 5.92 Å². The molecule has 0 bridgehead atoms. The Morgan fingerprint density at radius 3 is 2.79 bits per heavy atom. The molecule has 3 N–H and O–H groups in total. The summed E-state index contributed by atoms with van der Waals surface area (Å²) in [5.41, 5.74) is 5.43. The largest absolute Gasteiger partial charge is 0.382 e. The highest BCUT2D eigenvalue weighted by Gasteiger charge is 2.16. The van der Waals surface area contributed by atoms with Crippen LogP contribution >= 0.6 is 0 Å². The van der Waals surface area contributed by atoms with Crippen LogP contribution in [0.4, 0.5) is 11.6 Å². The summed E-state index contributed by atoms with van der Waals surface area (Å²) in [6.45, 7) is 0.989. The maximum absolute atomic E-state index is 5.43. The monoisotopic (exact) mass is 192 g/mol. The molecule has 1 saturated carbocycles. The maximum Gasteiger partial charge on any atom is 0.148 e. The summed E-state index contributed by atoms with van der Waals surface area (Å²) in [6.07, 6.45) is 5.45. The van der Waals surface area contributed by atoms with Gasteiger partial charge in [-0.2, -0.15) is 0 Å². The topological polar surface area (TPSA) is 63.8 Å². The van der Waals surface area contributed by atoms with E-state index in [2.05, 4.69) is 15.5 Å². The first-order chi connectivity index (χ1) is 6.84. The highest BCUT2D eigenvalue weighted by molar-refractivity contribution is 5.38. The maximum atomic E-state index is 5.43. The predicted octanol–water partition coefficient (Wildman–Crippen LogP) is 1.66. The zero-order valence-electron chi connectivity index (χ0n) is 8.24. The Labute approximate surface area is 83.9 Å². The Bertz CT molecular complexity index is 279. The molecule has 1 aliphatic rings. The van der Waals surface area contributed by atoms with Gasteiger partial charge in [-0.05, 0) is 24.5 Å². The van der Waals surface area contributed by atoms with Crippen LogP contribution in [-0.2, 0) is 0 Å². The van der Waals surface area contributed by atoms with E-state index < -0.39 is 0 Å². The molecule has 0 atom stereocenters. The van der Waals surface area contributed by atoms with Gasteiger partial charge in [0.15, 0.2) is 0 Å². The zero-order chi connectivity index (χ0) is 9.80. The van der Waals surface area contributed by atoms with Crippen LogP contribution in [0.5, 0.6) is 0 Å². The zero-order valence-corrected chi connectivity index (χ0v) is 8.24. The summed E-state index contributed by atoms with van der Waals surface area (Å²) < 4.78 is 0. The SMILES string of the molecule is Nc1ccc(NCCC2CCC2)nn1. The molecule has 0 aliphatic heterocycles. The lowest BCUT2D eigenvalue weighted by Crippen LogP contribution is -2.16. The first-order valence-corrected chi connectivity index (χ1v) is 5.17. The Morgan fingerprint density at radius 1 is 1.36 bits per heavy atom. The molecular weight excluding hydrogens is 176 g/mol. The minimum atomic E-state index is 0.467. The molecule has 1 aromatic heterocycles. The van der Waals surface area contributed by atoms with Gasteiger partial charge in [0, 0.05) is 6.54 Å². The molecule has 0 saturated heterocycles. The fourth-order valence-electron chi connectivity index (χ4n) is 1.62. The van der Waals surface area contributed by atoms with Crippen LogP contribution in [0, 0.1) is 5.92 Å². The van der Waals surface area contributed by atoms with Crippen LogP contribution in [0.25, 0.3) is 0 Å². The van der Waals surface area contributed by atoms with Crippen molar-refractivity contribution in [3.63, 3.8) is 0 Å². The Morgan fingerprint density at radius 2 is 2.21 bits per heavy atom. The van der Waals surface area contributed by atoms with E-state index in [0.717, 1.165) is 18.3 Å². The number of nitrogens with one attached hydrogen (secondary N) is 1. The van der Waals surface area contributed by atoms with Crippen LogP contribution < -0.4 is 11.1 Å². The van der Waals surface area contributed by atoms with Crippen LogP contribution in [-0.4, -0.2) is 16.7 Å². The van der Waals surface area contributed by atoms with Crippen molar-refractivity contribution in [3.05, 3.63) is 12.1 Å². The summed E-state index contributed by atoms with van der Waals surface area (Å²) in [4.78, 5) is 0. The Kier molecular flexibility index (Phi) is 2.81. The van der Waals surface area contributed by atoms with Gasteiger partial charge in [-0.1, -0.05) is 19.3 Å². The summed E-state index contributed by atoms with van der Waals surface area (Å²) in [6, 6.07) is 3.63. The first kappa shape index (κ1) is 9.24. The van der Waals surface area contributed by atoms with Gasteiger partial charge >= 0.3 is 0 Å². The highest BCUT2D eigenvalue weighted by atomic mass is 15.2. The minimum Gasteiger partial charge on any atom is -0.382 e. The molecule has 4 heteroatoms. The molecule has 0 unspecified atom stereocenters. The smallest absolute Gasteiger partial charge is 0.148 e. The lowest BCUT2D eigenvalue weighted by molar-refractivity contribution is 0.303. The van der Waals surface area contributed by atoms with Crippen molar-refractivity contribution in [3.8, 4) is 0 Å². The number of nitrogen functional groups attached to an aromatic ring is 1. The quantitative estimate of drug-likeness (QED) is 0.761. The molecule has 14 heavy (non-hydrogen) atoms. The summed E-state index contributed by atoms with van der Waals surface area (Å²) in [7, 11) is 0. The second-order valence-corrected chi connectivity index (χ2v) is 3.86. The molecule has 0 radical (unpaired) electrons. The fourth-order valence-corrected chi connectivity index (χ4v) is 1.62. The van der Waals surface area contributed by atoms with Crippen molar-refractivity contribution >= 4 is 11.6 Å². The van der Waals surface area contributed by atoms with E-state index in [1.807, 2.05) is 6.07 Å². The Hall–Kier alpha value is -1.32. The summed E-state index contributed by atoms with van der Waals surface area (Å²) >= 11 is 0. The van der Waals surface area contributed by atoms with Crippen LogP contribution in [0.3, 0.4) is 0 Å². The standard InChI is InChI=1S/C10H16N4/c11-9-4-5-10(14-13-9)12-7-6-8-2-1-3-8/h4-5,8H,1-3,6-7H2,(H2,11,13)(H,12,14). The van der Waals surface area contributed by atoms with Crippen molar-refractivity contribution in [2.75, 3.05) is 17.6 Å². The van der Waals surface area contributed by atoms with Gasteiger partial charge in [0.25, 0.3) is 0 Å². The number of nitrogens with zero attached hydrogens (tertiary/aromatic N) is 2. The van der Waals surface area contributed by atoms with Crippen molar-refractivity contribution in [1.29, 1.82) is 0 Å². The third-order valence-electron chi connectivity index (χ3n) is 2.77. The van der Waals surface area contributed by atoms with E-state index in [-0.39, 0.29) is 0 Å². The van der Waals surface area contributed by atoms with E-state index in [4.69, 9.17) is 5.73 Å². The first-order valence-electron chi connectivity index (χ1n) is 5.17. The molecule has 0 spiro atoms. The van der Waals surface area contributed by atoms with Gasteiger partial charge in [0.05, 0.1) is 0 Å². The second kappa shape index (κ2) is 4.26. The van der Waals surface area contributed by atoms with Gasteiger partial charge in [0.1, 0.15) is 11.6 Å². The molecule has 1 aromatic rings. The third-order valence-corrected chi connectivity index (χ3v) is 2.77. The number of nitrogens with two attached hydrogens (primary N) is 1. The lowest BCUT2D eigenvalue weighted by atomic mass is 9.83. The van der Waals surface area contributed by atoms with Gasteiger partial charge < -0.3 is 11.1 Å². The number of rotatable bonds is 4. The minimum absolute atomic E-state index is 0.467. The lowest BCUT2D eigenvalue weighted by Gasteiger charge is -2.25. The molecule has 4 nitrogen and oxygen atoms in total. The number of aromatic nitrogens is 2.